The molecule has 2 aromatic carbocycles. The van der Waals surface area contributed by atoms with Crippen LogP contribution in [0.5, 0.6) is 5.75 Å². The summed E-state index contributed by atoms with van der Waals surface area (Å²) in [7, 11) is 3.08. The molecule has 1 aliphatic heterocycles. The molecule has 4 rings (SSSR count). The Morgan fingerprint density at radius 1 is 1.26 bits per heavy atom. The van der Waals surface area contributed by atoms with E-state index in [0.29, 0.717) is 29.2 Å². The summed E-state index contributed by atoms with van der Waals surface area (Å²) in [4.78, 5) is 27.5. The van der Waals surface area contributed by atoms with E-state index in [1.807, 2.05) is 39.0 Å². The van der Waals surface area contributed by atoms with Crippen molar-refractivity contribution in [3.05, 3.63) is 66.3 Å². The summed E-state index contributed by atoms with van der Waals surface area (Å²) >= 11 is 5.63. The minimum atomic E-state index is -0.679. The second-order valence-corrected chi connectivity index (χ2v) is 10.5. The van der Waals surface area contributed by atoms with E-state index in [1.165, 1.54) is 16.4 Å². The lowest BCUT2D eigenvalue weighted by atomic mass is 9.86. The van der Waals surface area contributed by atoms with Gasteiger partial charge in [0.05, 0.1) is 27.6 Å². The van der Waals surface area contributed by atoms with E-state index < -0.39 is 10.5 Å². The molecule has 2 heterocycles. The summed E-state index contributed by atoms with van der Waals surface area (Å²) in [5.41, 5.74) is 2.44. The van der Waals surface area contributed by atoms with Crippen LogP contribution in [0.1, 0.15) is 41.6 Å². The molecule has 0 atom stereocenters. The highest BCUT2D eigenvalue weighted by Gasteiger charge is 2.44. The number of fused-ring (bicyclic) bond motifs is 3. The number of hydrogen-bond donors (Lipinski definition) is 0. The smallest absolute Gasteiger partial charge is 0.273 e. The second-order valence-electron chi connectivity index (χ2n) is 7.68. The van der Waals surface area contributed by atoms with E-state index in [2.05, 4.69) is 0 Å². The lowest BCUT2D eigenvalue weighted by Gasteiger charge is -2.43. The summed E-state index contributed by atoms with van der Waals surface area (Å²) in [6.07, 6.45) is 0. The summed E-state index contributed by atoms with van der Waals surface area (Å²) in [5, 5.41) is 11.4. The normalized spacial score (nSPS) is 14.0. The maximum Gasteiger partial charge on any atom is 0.273 e. The van der Waals surface area contributed by atoms with Crippen LogP contribution in [0.15, 0.2) is 36.4 Å². The Morgan fingerprint density at radius 2 is 2.00 bits per heavy atom. The Hall–Kier alpha value is -2.62. The molecule has 0 saturated heterocycles. The fourth-order valence-electron chi connectivity index (χ4n) is 4.00. The summed E-state index contributed by atoms with van der Waals surface area (Å²) in [6, 6.07) is 10.2. The van der Waals surface area contributed by atoms with Crippen LogP contribution < -0.4 is 9.64 Å². The minimum absolute atomic E-state index is 0.0699. The molecule has 0 saturated carbocycles. The number of ether oxygens (including phenoxy) is 1. The predicted octanol–water partition coefficient (Wildman–Crippen LogP) is 6.72. The number of anilines is 1. The molecule has 0 aliphatic carbocycles. The van der Waals surface area contributed by atoms with E-state index in [-0.39, 0.29) is 11.6 Å². The van der Waals surface area contributed by atoms with Crippen molar-refractivity contribution in [2.75, 3.05) is 11.5 Å². The van der Waals surface area contributed by atoms with Gasteiger partial charge >= 0.3 is 0 Å². The molecule has 0 bridgehead atoms. The van der Waals surface area contributed by atoms with Crippen LogP contribution in [0, 0.1) is 20.9 Å². The van der Waals surface area contributed by atoms with Crippen LogP contribution in [0.25, 0.3) is 11.1 Å². The van der Waals surface area contributed by atoms with Gasteiger partial charge in [0.1, 0.15) is 9.57 Å². The maximum atomic E-state index is 13.9. The van der Waals surface area contributed by atoms with Crippen LogP contribution >= 0.6 is 32.9 Å². The Balaban J connectivity index is 1.96. The number of carbonyl (C=O) groups excluding carboxylic acids is 1. The Morgan fingerprint density at radius 3 is 2.68 bits per heavy atom. The van der Waals surface area contributed by atoms with Crippen LogP contribution in [-0.4, -0.2) is 17.4 Å². The molecule has 160 valence electrons. The maximum absolute atomic E-state index is 13.9. The van der Waals surface area contributed by atoms with Gasteiger partial charge in [-0.1, -0.05) is 39.0 Å². The third kappa shape index (κ3) is 3.37. The average Bonchev–Trinajstić information content (AvgIpc) is 3.11. The van der Waals surface area contributed by atoms with Crippen LogP contribution in [0.3, 0.4) is 0 Å². The van der Waals surface area contributed by atoms with Gasteiger partial charge in [-0.15, -0.1) is 0 Å². The largest absolute Gasteiger partial charge is 0.494 e. The molecule has 1 aliphatic rings. The molecule has 0 spiro atoms. The molecule has 0 N–H and O–H groups in total. The minimum Gasteiger partial charge on any atom is -0.494 e. The van der Waals surface area contributed by atoms with Gasteiger partial charge in [0, 0.05) is 28.3 Å². The summed E-state index contributed by atoms with van der Waals surface area (Å²) in [6.45, 7) is 8.02. The van der Waals surface area contributed by atoms with Gasteiger partial charge in [-0.05, 0) is 52.0 Å². The molecule has 3 aromatic rings. The van der Waals surface area contributed by atoms with Crippen molar-refractivity contribution >= 4 is 50.2 Å². The average molecular weight is 473 g/mol. The van der Waals surface area contributed by atoms with Crippen LogP contribution in [-0.2, 0) is 5.54 Å². The lowest BCUT2D eigenvalue weighted by molar-refractivity contribution is -0.385. The first-order valence-electron chi connectivity index (χ1n) is 9.67. The number of carbonyl (C=O) groups is 1. The molecule has 31 heavy (non-hydrogen) atoms. The lowest BCUT2D eigenvalue weighted by Crippen LogP contribution is -2.48. The third-order valence-electron chi connectivity index (χ3n) is 5.47. The van der Waals surface area contributed by atoms with E-state index >= 15 is 0 Å². The number of rotatable bonds is 4. The highest BCUT2D eigenvalue weighted by Crippen LogP contribution is 2.53. The van der Waals surface area contributed by atoms with Gasteiger partial charge in [0.2, 0.25) is 0 Å². The van der Waals surface area contributed by atoms with Crippen molar-refractivity contribution in [1.82, 2.24) is 0 Å². The fraction of sp³-hybridized carbons (Fsp3) is 0.273. The molecule has 0 fully saturated rings. The number of nitrogens with zero attached hydrogens (tertiary/aromatic N) is 2. The highest BCUT2D eigenvalue weighted by molar-refractivity contribution is 7.80. The molecule has 1 aromatic heterocycles. The van der Waals surface area contributed by atoms with Crippen molar-refractivity contribution < 1.29 is 14.5 Å². The monoisotopic (exact) mass is 472 g/mol. The third-order valence-corrected chi connectivity index (χ3v) is 8.80. The molecule has 9 heteroatoms. The standard InChI is InChI=1S/C22H20N2O4S3/c1-5-28-13-9-10-17-15(11-13)18-19(30-31-21(18)29)22(3,4)23(17)20(25)14-7-6-8-16(12(14)2)24(26)27/h6-11H,5H2,1-4H3. The zero-order valence-corrected chi connectivity index (χ0v) is 19.9. The summed E-state index contributed by atoms with van der Waals surface area (Å²) < 4.78 is 6.47. The second kappa shape index (κ2) is 7.81. The van der Waals surface area contributed by atoms with Crippen LogP contribution in [0.2, 0.25) is 0 Å². The van der Waals surface area contributed by atoms with Gasteiger partial charge in [-0.2, -0.15) is 0 Å². The molecule has 0 unspecified atom stereocenters. The van der Waals surface area contributed by atoms with Crippen molar-refractivity contribution in [2.45, 2.75) is 33.2 Å². The first kappa shape index (κ1) is 21.6. The Kier molecular flexibility index (Phi) is 5.45. The number of hydrogen-bond acceptors (Lipinski definition) is 7. The van der Waals surface area contributed by atoms with Crippen molar-refractivity contribution in [3.8, 4) is 16.9 Å². The highest BCUT2D eigenvalue weighted by atomic mass is 32.9. The molecular formula is C22H20N2O4S3. The predicted molar refractivity (Wildman–Crippen MR) is 127 cm³/mol. The SMILES string of the molecule is CCOc1ccc2c(c1)-c1c(ssc1=S)C(C)(C)N2C(=O)c1cccc([N+](=O)[O-])c1C. The van der Waals surface area contributed by atoms with E-state index in [9.17, 15) is 14.9 Å². The van der Waals surface area contributed by atoms with Gasteiger partial charge in [0.25, 0.3) is 11.6 Å². The topological polar surface area (TPSA) is 72.7 Å². The number of nitro benzene ring substituents is 1. The van der Waals surface area contributed by atoms with Crippen molar-refractivity contribution in [2.24, 2.45) is 0 Å². The van der Waals surface area contributed by atoms with E-state index in [0.717, 1.165) is 19.8 Å². The zero-order chi connectivity index (χ0) is 22.5. The molecular weight excluding hydrogens is 452 g/mol. The molecule has 0 radical (unpaired) electrons. The van der Waals surface area contributed by atoms with Gasteiger partial charge in [0.15, 0.2) is 0 Å². The quantitative estimate of drug-likeness (QED) is 0.182. The Labute approximate surface area is 192 Å². The first-order valence-corrected chi connectivity index (χ1v) is 12.2. The van der Waals surface area contributed by atoms with E-state index in [4.69, 9.17) is 17.0 Å². The zero-order valence-electron chi connectivity index (χ0n) is 17.4. The van der Waals surface area contributed by atoms with Gasteiger partial charge in [-0.25, -0.2) is 0 Å². The molecule has 1 amide bonds. The van der Waals surface area contributed by atoms with Crippen molar-refractivity contribution in [3.63, 3.8) is 0 Å². The van der Waals surface area contributed by atoms with E-state index in [1.54, 1.807) is 34.3 Å². The van der Waals surface area contributed by atoms with Gasteiger partial charge < -0.3 is 4.74 Å². The summed E-state index contributed by atoms with van der Waals surface area (Å²) in [5.74, 6) is 0.419. The molecule has 6 nitrogen and oxygen atoms in total. The number of amides is 1. The number of nitro groups is 1. The van der Waals surface area contributed by atoms with Crippen molar-refractivity contribution in [1.29, 1.82) is 0 Å². The first-order chi connectivity index (χ1) is 14.7. The fourth-order valence-corrected chi connectivity index (χ4v) is 7.28. The Bertz CT molecular complexity index is 1280. The number of benzene rings is 2. The van der Waals surface area contributed by atoms with Gasteiger partial charge in [-0.3, -0.25) is 19.8 Å². The van der Waals surface area contributed by atoms with Crippen LogP contribution in [0.4, 0.5) is 11.4 Å².